The highest BCUT2D eigenvalue weighted by molar-refractivity contribution is 14.1. The first kappa shape index (κ1) is 18.3. The summed E-state index contributed by atoms with van der Waals surface area (Å²) in [6, 6.07) is 25.1. The van der Waals surface area contributed by atoms with E-state index in [9.17, 15) is 0 Å². The SMILES string of the molecule is Ic1ccc(C2=Cc3cc4ccc(cc5ccc(cc6nc(cc2n3)C=C6)[nH]5)[nH]4)cc1. The van der Waals surface area contributed by atoms with Crippen molar-refractivity contribution in [2.24, 2.45) is 0 Å². The van der Waals surface area contributed by atoms with Crippen LogP contribution in [0.3, 0.4) is 0 Å². The number of hydrogen-bond donors (Lipinski definition) is 2. The first-order chi connectivity index (χ1) is 15.2. The van der Waals surface area contributed by atoms with E-state index in [1.807, 2.05) is 12.2 Å². The predicted octanol–water partition coefficient (Wildman–Crippen LogP) is 6.68. The van der Waals surface area contributed by atoms with E-state index < -0.39 is 0 Å². The zero-order valence-corrected chi connectivity index (χ0v) is 18.6. The maximum atomic E-state index is 4.92. The molecule has 3 aromatic heterocycles. The lowest BCUT2D eigenvalue weighted by Crippen LogP contribution is -1.86. The predicted molar refractivity (Wildman–Crippen MR) is 136 cm³/mol. The number of nitrogens with zero attached hydrogens (tertiary/aromatic N) is 2. The van der Waals surface area contributed by atoms with Gasteiger partial charge in [-0.05, 0) is 107 Å². The van der Waals surface area contributed by atoms with Crippen molar-refractivity contribution in [2.75, 3.05) is 0 Å². The molecule has 2 N–H and O–H groups in total. The van der Waals surface area contributed by atoms with Gasteiger partial charge in [0, 0.05) is 31.2 Å². The van der Waals surface area contributed by atoms with Crippen LogP contribution in [0, 0.1) is 3.57 Å². The van der Waals surface area contributed by atoms with Crippen LogP contribution in [0.2, 0.25) is 0 Å². The minimum absolute atomic E-state index is 0.898. The first-order valence-corrected chi connectivity index (χ1v) is 11.1. The van der Waals surface area contributed by atoms with Crippen LogP contribution in [0.15, 0.2) is 72.8 Å². The minimum Gasteiger partial charge on any atom is -0.355 e. The monoisotopic (exact) mass is 512 g/mol. The Balaban J connectivity index is 1.63. The van der Waals surface area contributed by atoms with Gasteiger partial charge in [-0.25, -0.2) is 9.97 Å². The third-order valence-electron chi connectivity index (χ3n) is 5.32. The van der Waals surface area contributed by atoms with Crippen molar-refractivity contribution >= 4 is 68.5 Å². The van der Waals surface area contributed by atoms with Gasteiger partial charge in [-0.3, -0.25) is 0 Å². The fraction of sp³-hybridized carbons (Fsp3) is 0. The summed E-state index contributed by atoms with van der Waals surface area (Å²) in [4.78, 5) is 16.6. The average molecular weight is 512 g/mol. The molecule has 0 fully saturated rings. The molecule has 31 heavy (non-hydrogen) atoms. The Bertz CT molecular complexity index is 1540. The molecule has 6 rings (SSSR count). The highest BCUT2D eigenvalue weighted by Gasteiger charge is 2.13. The molecule has 1 aromatic carbocycles. The van der Waals surface area contributed by atoms with Crippen LogP contribution in [-0.4, -0.2) is 19.9 Å². The Morgan fingerprint density at radius 1 is 0.581 bits per heavy atom. The van der Waals surface area contributed by atoms with Crippen LogP contribution in [0.1, 0.15) is 28.3 Å². The van der Waals surface area contributed by atoms with Crippen LogP contribution >= 0.6 is 22.6 Å². The molecule has 0 radical (unpaired) electrons. The van der Waals surface area contributed by atoms with E-state index in [2.05, 4.69) is 111 Å². The molecule has 2 aliphatic rings. The summed E-state index contributed by atoms with van der Waals surface area (Å²) in [6.07, 6.45) is 6.21. The average Bonchev–Trinajstić information content (AvgIpc) is 3.54. The molecule has 5 heterocycles. The Morgan fingerprint density at radius 2 is 1.16 bits per heavy atom. The van der Waals surface area contributed by atoms with Gasteiger partial charge in [0.05, 0.1) is 22.8 Å². The number of fused-ring (bicyclic) bond motifs is 8. The summed E-state index contributed by atoms with van der Waals surface area (Å²) in [5.74, 6) is 0. The van der Waals surface area contributed by atoms with Crippen molar-refractivity contribution in [1.82, 2.24) is 19.9 Å². The molecule has 5 heteroatoms. The third-order valence-corrected chi connectivity index (χ3v) is 6.04. The molecule has 2 aliphatic heterocycles. The summed E-state index contributed by atoms with van der Waals surface area (Å²) in [5.41, 5.74) is 10.0. The van der Waals surface area contributed by atoms with E-state index in [-0.39, 0.29) is 0 Å². The topological polar surface area (TPSA) is 57.4 Å². The van der Waals surface area contributed by atoms with Gasteiger partial charge in [-0.15, -0.1) is 0 Å². The van der Waals surface area contributed by atoms with Gasteiger partial charge < -0.3 is 9.97 Å². The number of nitrogens with one attached hydrogen (secondary N) is 2. The van der Waals surface area contributed by atoms with E-state index in [1.54, 1.807) is 0 Å². The van der Waals surface area contributed by atoms with Gasteiger partial charge in [-0.1, -0.05) is 12.1 Å². The highest BCUT2D eigenvalue weighted by atomic mass is 127. The Labute approximate surface area is 192 Å². The van der Waals surface area contributed by atoms with Crippen LogP contribution < -0.4 is 0 Å². The third kappa shape index (κ3) is 3.72. The van der Waals surface area contributed by atoms with E-state index in [0.717, 1.165) is 56.0 Å². The van der Waals surface area contributed by atoms with Crippen molar-refractivity contribution < 1.29 is 0 Å². The lowest BCUT2D eigenvalue weighted by Gasteiger charge is -2.02. The lowest BCUT2D eigenvalue weighted by molar-refractivity contribution is 1.27. The molecule has 0 aliphatic carbocycles. The second-order valence-electron chi connectivity index (χ2n) is 7.60. The van der Waals surface area contributed by atoms with E-state index >= 15 is 0 Å². The van der Waals surface area contributed by atoms with Crippen molar-refractivity contribution in [2.45, 2.75) is 0 Å². The van der Waals surface area contributed by atoms with Crippen LogP contribution in [0.5, 0.6) is 0 Å². The zero-order valence-electron chi connectivity index (χ0n) is 16.4. The normalized spacial score (nSPS) is 12.7. The minimum atomic E-state index is 0.898. The number of hydrogen-bond acceptors (Lipinski definition) is 2. The maximum absolute atomic E-state index is 4.92. The van der Waals surface area contributed by atoms with Crippen molar-refractivity contribution in [3.63, 3.8) is 0 Å². The zero-order chi connectivity index (χ0) is 20.8. The van der Waals surface area contributed by atoms with Crippen molar-refractivity contribution in [3.8, 4) is 0 Å². The van der Waals surface area contributed by atoms with Gasteiger partial charge >= 0.3 is 0 Å². The molecule has 4 aromatic rings. The van der Waals surface area contributed by atoms with Crippen molar-refractivity contribution in [1.29, 1.82) is 0 Å². The maximum Gasteiger partial charge on any atom is 0.0737 e. The smallest absolute Gasteiger partial charge is 0.0737 e. The van der Waals surface area contributed by atoms with Gasteiger partial charge in [0.25, 0.3) is 0 Å². The molecule has 0 atom stereocenters. The molecule has 4 nitrogen and oxygen atoms in total. The molecule has 0 unspecified atom stereocenters. The standard InChI is InChI=1S/C26H17IN4/c27-17-3-1-16(2-4-17)25-14-24-13-22-8-7-20(29-22)11-18-5-6-19(28-18)12-21-9-10-23(30-21)15-26(25)31-24/h1-15,28-29H. The molecule has 0 amide bonds. The number of aromatic nitrogens is 4. The summed E-state index contributed by atoms with van der Waals surface area (Å²) in [6.45, 7) is 0. The summed E-state index contributed by atoms with van der Waals surface area (Å²) in [5, 5.41) is 0. The Hall–Kier alpha value is -3.45. The number of H-pyrrole nitrogens is 2. The van der Waals surface area contributed by atoms with Crippen LogP contribution in [0.4, 0.5) is 0 Å². The van der Waals surface area contributed by atoms with Gasteiger partial charge in [0.2, 0.25) is 0 Å². The van der Waals surface area contributed by atoms with E-state index in [1.165, 1.54) is 3.57 Å². The number of benzene rings is 1. The largest absolute Gasteiger partial charge is 0.355 e. The summed E-state index contributed by atoms with van der Waals surface area (Å²) in [7, 11) is 0. The summed E-state index contributed by atoms with van der Waals surface area (Å²) >= 11 is 2.33. The Kier molecular flexibility index (Phi) is 4.35. The van der Waals surface area contributed by atoms with Crippen molar-refractivity contribution in [3.05, 3.63) is 105 Å². The van der Waals surface area contributed by atoms with Gasteiger partial charge in [-0.2, -0.15) is 0 Å². The van der Waals surface area contributed by atoms with E-state index in [0.29, 0.717) is 0 Å². The highest BCUT2D eigenvalue weighted by Crippen LogP contribution is 2.29. The quantitative estimate of drug-likeness (QED) is 0.242. The molecule has 0 saturated heterocycles. The fourth-order valence-electron chi connectivity index (χ4n) is 3.88. The second-order valence-corrected chi connectivity index (χ2v) is 8.84. The molecule has 0 spiro atoms. The molecular weight excluding hydrogens is 495 g/mol. The lowest BCUT2D eigenvalue weighted by atomic mass is 10.0. The first-order valence-electron chi connectivity index (χ1n) is 10.0. The Morgan fingerprint density at radius 3 is 1.84 bits per heavy atom. The van der Waals surface area contributed by atoms with Gasteiger partial charge in [0.15, 0.2) is 0 Å². The molecule has 8 bridgehead atoms. The fourth-order valence-corrected chi connectivity index (χ4v) is 4.23. The van der Waals surface area contributed by atoms with E-state index in [4.69, 9.17) is 9.97 Å². The molecule has 0 saturated carbocycles. The summed E-state index contributed by atoms with van der Waals surface area (Å²) < 4.78 is 1.21. The molecular formula is C26H17IN4. The number of aromatic amines is 2. The second kappa shape index (κ2) is 7.35. The van der Waals surface area contributed by atoms with Crippen LogP contribution in [-0.2, 0) is 0 Å². The van der Waals surface area contributed by atoms with Crippen LogP contribution in [0.25, 0.3) is 45.9 Å². The van der Waals surface area contributed by atoms with Gasteiger partial charge in [0.1, 0.15) is 0 Å². The number of rotatable bonds is 1. The molecule has 148 valence electrons. The number of halogens is 1.